The molecule has 0 aromatic rings. The fourth-order valence-corrected chi connectivity index (χ4v) is 0.387. The van der Waals surface area contributed by atoms with E-state index >= 15 is 0 Å². The van der Waals surface area contributed by atoms with Crippen molar-refractivity contribution in [1.29, 1.82) is 0 Å². The maximum Gasteiger partial charge on any atom is 0.0540 e. The van der Waals surface area contributed by atoms with Gasteiger partial charge in [0, 0.05) is 29.6 Å². The van der Waals surface area contributed by atoms with Crippen molar-refractivity contribution < 1.29 is 5.11 Å². The molecule has 1 saturated carbocycles. The summed E-state index contributed by atoms with van der Waals surface area (Å²) < 4.78 is 0. The van der Waals surface area contributed by atoms with Gasteiger partial charge in [-0.2, -0.15) is 0 Å². The van der Waals surface area contributed by atoms with E-state index in [1.165, 1.54) is 6.42 Å². The topological polar surface area (TPSA) is 20.2 Å². The van der Waals surface area contributed by atoms with E-state index in [1.807, 2.05) is 0 Å². The summed E-state index contributed by atoms with van der Waals surface area (Å²) in [5, 5.41) is 8.45. The van der Waals surface area contributed by atoms with Gasteiger partial charge >= 0.3 is 0 Å². The maximum atomic E-state index is 8.45. The molecular weight excluding hydrogens is 87.0 g/mol. The summed E-state index contributed by atoms with van der Waals surface area (Å²) in [6, 6.07) is 0. The molecule has 1 nitrogen and oxygen atoms in total. The Morgan fingerprint density at radius 3 is 1.67 bits per heavy atom. The van der Waals surface area contributed by atoms with Gasteiger partial charge in [0.1, 0.15) is 0 Å². The van der Waals surface area contributed by atoms with E-state index in [0.717, 1.165) is 12.8 Å². The zero-order valence-corrected chi connectivity index (χ0v) is 6.15. The van der Waals surface area contributed by atoms with Crippen LogP contribution in [0.15, 0.2) is 0 Å². The SMILES string of the molecule is OC1CCC1.[Na]. The molecule has 0 aromatic heterocycles. The average Bonchev–Trinajstić information content (AvgIpc) is 1.30. The van der Waals surface area contributed by atoms with E-state index in [9.17, 15) is 0 Å². The molecule has 0 atom stereocenters. The summed E-state index contributed by atoms with van der Waals surface area (Å²) in [6.07, 6.45) is 3.39. The molecule has 6 heavy (non-hydrogen) atoms. The Hall–Kier alpha value is 0.960. The molecule has 31 valence electrons. The maximum absolute atomic E-state index is 8.45. The normalized spacial score (nSPS) is 21.5. The Morgan fingerprint density at radius 2 is 1.67 bits per heavy atom. The summed E-state index contributed by atoms with van der Waals surface area (Å²) in [5.41, 5.74) is 0. The predicted molar refractivity (Wildman–Crippen MR) is 25.6 cm³/mol. The first kappa shape index (κ1) is 6.96. The minimum absolute atomic E-state index is 0. The van der Waals surface area contributed by atoms with Crippen molar-refractivity contribution in [1.82, 2.24) is 0 Å². The quantitative estimate of drug-likeness (QED) is 0.424. The fourth-order valence-electron chi connectivity index (χ4n) is 0.387. The molecule has 2 heteroatoms. The molecular formula is C4H8NaO. The molecule has 0 spiro atoms. The van der Waals surface area contributed by atoms with Crippen LogP contribution < -0.4 is 0 Å². The van der Waals surface area contributed by atoms with Crippen LogP contribution in [-0.4, -0.2) is 40.8 Å². The fraction of sp³-hybridized carbons (Fsp3) is 1.00. The van der Waals surface area contributed by atoms with Gasteiger partial charge in [0.15, 0.2) is 0 Å². The summed E-state index contributed by atoms with van der Waals surface area (Å²) in [4.78, 5) is 0. The number of aliphatic hydroxyl groups excluding tert-OH is 1. The second-order valence-electron chi connectivity index (χ2n) is 1.58. The van der Waals surface area contributed by atoms with E-state index in [4.69, 9.17) is 5.11 Å². The Labute approximate surface area is 60.0 Å². The predicted octanol–water partition coefficient (Wildman–Crippen LogP) is 0.150. The standard InChI is InChI=1S/C4H8O.Na/c5-4-2-1-3-4;/h4-5H,1-3H2;. The minimum atomic E-state index is 0. The van der Waals surface area contributed by atoms with Crippen LogP contribution in [-0.2, 0) is 0 Å². The average molecular weight is 95.1 g/mol. The van der Waals surface area contributed by atoms with Gasteiger partial charge in [0.05, 0.1) is 6.10 Å². The Balaban J connectivity index is 0.000000250. The first-order valence-electron chi connectivity index (χ1n) is 2.07. The Bertz CT molecular complexity index is 34.5. The Kier molecular flexibility index (Phi) is 3.51. The van der Waals surface area contributed by atoms with Crippen LogP contribution in [0.1, 0.15) is 19.3 Å². The molecule has 1 rings (SSSR count). The van der Waals surface area contributed by atoms with Crippen LogP contribution in [0.4, 0.5) is 0 Å². The molecule has 0 heterocycles. The van der Waals surface area contributed by atoms with E-state index in [-0.39, 0.29) is 35.7 Å². The second kappa shape index (κ2) is 3.03. The van der Waals surface area contributed by atoms with Gasteiger partial charge in [0.2, 0.25) is 0 Å². The monoisotopic (exact) mass is 95.0 g/mol. The van der Waals surface area contributed by atoms with Crippen LogP contribution >= 0.6 is 0 Å². The van der Waals surface area contributed by atoms with Gasteiger partial charge in [0.25, 0.3) is 0 Å². The molecule has 1 aliphatic carbocycles. The van der Waals surface area contributed by atoms with Gasteiger partial charge < -0.3 is 5.11 Å². The number of aliphatic hydroxyl groups is 1. The summed E-state index contributed by atoms with van der Waals surface area (Å²) in [5.74, 6) is 0. The molecule has 0 unspecified atom stereocenters. The van der Waals surface area contributed by atoms with Crippen LogP contribution in [0.25, 0.3) is 0 Å². The molecule has 1 aliphatic rings. The third kappa shape index (κ3) is 1.61. The zero-order chi connectivity index (χ0) is 3.70. The van der Waals surface area contributed by atoms with Gasteiger partial charge in [-0.1, -0.05) is 0 Å². The van der Waals surface area contributed by atoms with Crippen molar-refractivity contribution in [2.45, 2.75) is 25.4 Å². The smallest absolute Gasteiger partial charge is 0.0540 e. The molecule has 0 bridgehead atoms. The Morgan fingerprint density at radius 1 is 1.33 bits per heavy atom. The van der Waals surface area contributed by atoms with Crippen molar-refractivity contribution in [3.8, 4) is 0 Å². The number of hydrogen-bond acceptors (Lipinski definition) is 1. The third-order valence-electron chi connectivity index (χ3n) is 1.07. The van der Waals surface area contributed by atoms with Crippen LogP contribution in [0.3, 0.4) is 0 Å². The molecule has 0 saturated heterocycles. The van der Waals surface area contributed by atoms with E-state index in [0.29, 0.717) is 0 Å². The molecule has 1 N–H and O–H groups in total. The molecule has 0 aromatic carbocycles. The van der Waals surface area contributed by atoms with Gasteiger partial charge in [-0.15, -0.1) is 0 Å². The molecule has 0 amide bonds. The number of hydrogen-bond donors (Lipinski definition) is 1. The van der Waals surface area contributed by atoms with Crippen molar-refractivity contribution in [2.75, 3.05) is 0 Å². The van der Waals surface area contributed by atoms with Crippen molar-refractivity contribution in [3.05, 3.63) is 0 Å². The molecule has 1 fully saturated rings. The molecule has 1 radical (unpaired) electrons. The van der Waals surface area contributed by atoms with Crippen LogP contribution in [0, 0.1) is 0 Å². The second-order valence-corrected chi connectivity index (χ2v) is 1.58. The van der Waals surface area contributed by atoms with Gasteiger partial charge in [-0.25, -0.2) is 0 Å². The van der Waals surface area contributed by atoms with E-state index in [2.05, 4.69) is 0 Å². The summed E-state index contributed by atoms with van der Waals surface area (Å²) in [7, 11) is 0. The van der Waals surface area contributed by atoms with Crippen molar-refractivity contribution >= 4 is 29.6 Å². The third-order valence-corrected chi connectivity index (χ3v) is 1.07. The summed E-state index contributed by atoms with van der Waals surface area (Å²) >= 11 is 0. The zero-order valence-electron chi connectivity index (χ0n) is 4.15. The minimum Gasteiger partial charge on any atom is -0.393 e. The largest absolute Gasteiger partial charge is 0.393 e. The van der Waals surface area contributed by atoms with Crippen LogP contribution in [0.5, 0.6) is 0 Å². The van der Waals surface area contributed by atoms with Gasteiger partial charge in [-0.05, 0) is 19.3 Å². The van der Waals surface area contributed by atoms with Gasteiger partial charge in [-0.3, -0.25) is 0 Å². The molecule has 0 aliphatic heterocycles. The number of rotatable bonds is 0. The van der Waals surface area contributed by atoms with Crippen molar-refractivity contribution in [3.63, 3.8) is 0 Å². The van der Waals surface area contributed by atoms with Crippen molar-refractivity contribution in [2.24, 2.45) is 0 Å². The first-order chi connectivity index (χ1) is 2.39. The van der Waals surface area contributed by atoms with E-state index < -0.39 is 0 Å². The first-order valence-corrected chi connectivity index (χ1v) is 2.07. The van der Waals surface area contributed by atoms with Crippen LogP contribution in [0.2, 0.25) is 0 Å². The van der Waals surface area contributed by atoms with E-state index in [1.54, 1.807) is 0 Å². The summed E-state index contributed by atoms with van der Waals surface area (Å²) in [6.45, 7) is 0.